The fourth-order valence-corrected chi connectivity index (χ4v) is 5.20. The van der Waals surface area contributed by atoms with Crippen molar-refractivity contribution in [2.24, 2.45) is 0 Å². The van der Waals surface area contributed by atoms with E-state index in [1.165, 1.54) is 10.6 Å². The molecule has 2 aromatic heterocycles. The van der Waals surface area contributed by atoms with E-state index in [4.69, 9.17) is 4.74 Å². The molecule has 6 nitrogen and oxygen atoms in total. The summed E-state index contributed by atoms with van der Waals surface area (Å²) in [4.78, 5) is 31.2. The highest BCUT2D eigenvalue weighted by Gasteiger charge is 2.43. The van der Waals surface area contributed by atoms with Crippen LogP contribution in [0, 0.1) is 0 Å². The minimum Gasteiger partial charge on any atom is -0.494 e. The van der Waals surface area contributed by atoms with Crippen molar-refractivity contribution in [2.45, 2.75) is 44.6 Å². The SMILES string of the molecule is CCOc1ccc(-c2cc(=O)n(CCNC(=O)C3(c4cccs4)CCCC3)cn2)cc1. The second-order valence-electron chi connectivity index (χ2n) is 7.79. The van der Waals surface area contributed by atoms with Gasteiger partial charge in [-0.3, -0.25) is 14.2 Å². The number of ether oxygens (including phenoxy) is 1. The van der Waals surface area contributed by atoms with Crippen molar-refractivity contribution in [1.29, 1.82) is 0 Å². The number of nitrogens with zero attached hydrogens (tertiary/aromatic N) is 2. The quantitative estimate of drug-likeness (QED) is 0.578. The highest BCUT2D eigenvalue weighted by Crippen LogP contribution is 2.43. The van der Waals surface area contributed by atoms with Gasteiger partial charge in [0.05, 0.1) is 24.0 Å². The second kappa shape index (κ2) is 9.47. The first-order chi connectivity index (χ1) is 15.1. The van der Waals surface area contributed by atoms with Gasteiger partial charge in [-0.25, -0.2) is 4.98 Å². The maximum atomic E-state index is 13.0. The molecule has 7 heteroatoms. The predicted octanol–water partition coefficient (Wildman–Crippen LogP) is 4.00. The molecule has 31 heavy (non-hydrogen) atoms. The molecule has 0 aliphatic heterocycles. The Kier molecular flexibility index (Phi) is 6.51. The number of carbonyl (C=O) groups excluding carboxylic acids is 1. The van der Waals surface area contributed by atoms with Crippen molar-refractivity contribution in [2.75, 3.05) is 13.2 Å². The van der Waals surface area contributed by atoms with Crippen molar-refractivity contribution in [1.82, 2.24) is 14.9 Å². The largest absolute Gasteiger partial charge is 0.494 e. The molecule has 1 aliphatic carbocycles. The first kappa shape index (κ1) is 21.3. The highest BCUT2D eigenvalue weighted by molar-refractivity contribution is 7.10. The van der Waals surface area contributed by atoms with Crippen LogP contribution in [0.4, 0.5) is 0 Å². The van der Waals surface area contributed by atoms with Crippen molar-refractivity contribution in [3.63, 3.8) is 0 Å². The second-order valence-corrected chi connectivity index (χ2v) is 8.73. The summed E-state index contributed by atoms with van der Waals surface area (Å²) in [6, 6.07) is 13.1. The average molecular weight is 438 g/mol. The van der Waals surface area contributed by atoms with Crippen LogP contribution in [-0.2, 0) is 16.8 Å². The minimum atomic E-state index is -0.408. The normalized spacial score (nSPS) is 15.0. The molecular formula is C24H27N3O3S. The van der Waals surface area contributed by atoms with Gasteiger partial charge in [0.2, 0.25) is 5.91 Å². The molecule has 4 rings (SSSR count). The topological polar surface area (TPSA) is 73.2 Å². The van der Waals surface area contributed by atoms with Gasteiger partial charge in [-0.15, -0.1) is 11.3 Å². The lowest BCUT2D eigenvalue weighted by atomic mass is 9.83. The van der Waals surface area contributed by atoms with E-state index in [2.05, 4.69) is 16.4 Å². The molecule has 0 unspecified atom stereocenters. The maximum absolute atomic E-state index is 13.0. The third kappa shape index (κ3) is 4.56. The van der Waals surface area contributed by atoms with Crippen LogP contribution in [-0.4, -0.2) is 28.6 Å². The summed E-state index contributed by atoms with van der Waals surface area (Å²) in [5.41, 5.74) is 0.938. The number of rotatable bonds is 8. The van der Waals surface area contributed by atoms with Crippen molar-refractivity contribution >= 4 is 17.2 Å². The zero-order valence-corrected chi connectivity index (χ0v) is 18.5. The van der Waals surface area contributed by atoms with Gasteiger partial charge in [0.1, 0.15) is 5.75 Å². The van der Waals surface area contributed by atoms with Gasteiger partial charge < -0.3 is 10.1 Å². The van der Waals surface area contributed by atoms with Gasteiger partial charge in [-0.1, -0.05) is 18.9 Å². The van der Waals surface area contributed by atoms with E-state index in [-0.39, 0.29) is 11.5 Å². The van der Waals surface area contributed by atoms with E-state index in [9.17, 15) is 9.59 Å². The van der Waals surface area contributed by atoms with Crippen LogP contribution >= 0.6 is 11.3 Å². The molecule has 1 N–H and O–H groups in total. The molecule has 0 saturated heterocycles. The van der Waals surface area contributed by atoms with Gasteiger partial charge in [0, 0.05) is 29.6 Å². The molecule has 1 amide bonds. The number of hydrogen-bond donors (Lipinski definition) is 1. The molecule has 0 spiro atoms. The summed E-state index contributed by atoms with van der Waals surface area (Å²) < 4.78 is 6.98. The Bertz CT molecular complexity index is 1070. The van der Waals surface area contributed by atoms with E-state index in [1.807, 2.05) is 42.6 Å². The number of amides is 1. The molecule has 1 aromatic carbocycles. The summed E-state index contributed by atoms with van der Waals surface area (Å²) in [6.45, 7) is 3.34. The zero-order valence-electron chi connectivity index (χ0n) is 17.7. The van der Waals surface area contributed by atoms with Crippen LogP contribution in [0.2, 0.25) is 0 Å². The number of aromatic nitrogens is 2. The molecule has 1 aliphatic rings. The summed E-state index contributed by atoms with van der Waals surface area (Å²) >= 11 is 1.65. The molecule has 162 valence electrons. The predicted molar refractivity (Wildman–Crippen MR) is 123 cm³/mol. The van der Waals surface area contributed by atoms with Crippen LogP contribution in [0.3, 0.4) is 0 Å². The van der Waals surface area contributed by atoms with Crippen molar-refractivity contribution in [3.8, 4) is 17.0 Å². The smallest absolute Gasteiger partial charge is 0.253 e. The van der Waals surface area contributed by atoms with Crippen LogP contribution in [0.1, 0.15) is 37.5 Å². The third-order valence-corrected chi connectivity index (χ3v) is 6.94. The van der Waals surface area contributed by atoms with Gasteiger partial charge in [0.25, 0.3) is 5.56 Å². The first-order valence-corrected chi connectivity index (χ1v) is 11.6. The van der Waals surface area contributed by atoms with Crippen molar-refractivity contribution in [3.05, 3.63) is 69.4 Å². The van der Waals surface area contributed by atoms with Gasteiger partial charge in [-0.2, -0.15) is 0 Å². The Morgan fingerprint density at radius 1 is 1.23 bits per heavy atom. The molecule has 0 bridgehead atoms. The maximum Gasteiger partial charge on any atom is 0.253 e. The van der Waals surface area contributed by atoms with E-state index < -0.39 is 5.41 Å². The first-order valence-electron chi connectivity index (χ1n) is 10.7. The van der Waals surface area contributed by atoms with Gasteiger partial charge >= 0.3 is 0 Å². The van der Waals surface area contributed by atoms with Crippen LogP contribution in [0.5, 0.6) is 5.75 Å². The lowest BCUT2D eigenvalue weighted by Crippen LogP contribution is -2.43. The number of thiophene rings is 1. The summed E-state index contributed by atoms with van der Waals surface area (Å²) in [5.74, 6) is 0.859. The Morgan fingerprint density at radius 2 is 2.00 bits per heavy atom. The number of nitrogens with one attached hydrogen (secondary N) is 1. The molecule has 0 atom stereocenters. The summed E-state index contributed by atoms with van der Waals surface area (Å²) in [7, 11) is 0. The Balaban J connectivity index is 1.39. The average Bonchev–Trinajstić information content (AvgIpc) is 3.48. The molecule has 3 aromatic rings. The molecular weight excluding hydrogens is 410 g/mol. The van der Waals surface area contributed by atoms with Gasteiger partial charge in [-0.05, 0) is 55.5 Å². The standard InChI is InChI=1S/C24H27N3O3S/c1-2-30-19-9-7-18(8-10-19)20-16-22(28)27(17-26-20)14-13-25-23(29)24(11-3-4-12-24)21-6-5-15-31-21/h5-10,15-17H,2-4,11-14H2,1H3,(H,25,29). The molecule has 1 saturated carbocycles. The van der Waals surface area contributed by atoms with E-state index in [1.54, 1.807) is 17.7 Å². The minimum absolute atomic E-state index is 0.0690. The zero-order chi connectivity index (χ0) is 21.7. The summed E-state index contributed by atoms with van der Waals surface area (Å²) in [6.07, 6.45) is 5.46. The third-order valence-electron chi connectivity index (χ3n) is 5.86. The Hall–Kier alpha value is -2.93. The fourth-order valence-electron chi connectivity index (χ4n) is 4.21. The molecule has 0 radical (unpaired) electrons. The van der Waals surface area contributed by atoms with Crippen LogP contribution in [0.15, 0.2) is 59.0 Å². The van der Waals surface area contributed by atoms with Crippen LogP contribution in [0.25, 0.3) is 11.3 Å². The Morgan fingerprint density at radius 3 is 2.65 bits per heavy atom. The highest BCUT2D eigenvalue weighted by atomic mass is 32.1. The summed E-state index contributed by atoms with van der Waals surface area (Å²) in [5, 5.41) is 5.09. The molecule has 2 heterocycles. The number of benzene rings is 1. The fraction of sp³-hybridized carbons (Fsp3) is 0.375. The van der Waals surface area contributed by atoms with Gasteiger partial charge in [0.15, 0.2) is 0 Å². The Labute approximate surface area is 185 Å². The lowest BCUT2D eigenvalue weighted by Gasteiger charge is -2.26. The lowest BCUT2D eigenvalue weighted by molar-refractivity contribution is -0.126. The van der Waals surface area contributed by atoms with Crippen molar-refractivity contribution < 1.29 is 9.53 Å². The van der Waals surface area contributed by atoms with Crippen LogP contribution < -0.4 is 15.6 Å². The molecule has 1 fully saturated rings. The number of carbonyl (C=O) groups is 1. The van der Waals surface area contributed by atoms with E-state index in [0.717, 1.165) is 41.9 Å². The monoisotopic (exact) mass is 437 g/mol. The van der Waals surface area contributed by atoms with E-state index >= 15 is 0 Å². The number of hydrogen-bond acceptors (Lipinski definition) is 5. The van der Waals surface area contributed by atoms with E-state index in [0.29, 0.717) is 25.4 Å².